The van der Waals surface area contributed by atoms with Gasteiger partial charge in [0.2, 0.25) is 0 Å². The van der Waals surface area contributed by atoms with E-state index in [-0.39, 0.29) is 40.9 Å². The Labute approximate surface area is 164 Å². The number of aromatic carboxylic acids is 1. The van der Waals surface area contributed by atoms with Crippen LogP contribution in [0.3, 0.4) is 0 Å². The van der Waals surface area contributed by atoms with E-state index in [2.05, 4.69) is 15.5 Å². The van der Waals surface area contributed by atoms with Crippen molar-refractivity contribution in [3.63, 3.8) is 0 Å². The number of fused-ring (bicyclic) bond motifs is 1. The Bertz CT molecular complexity index is 934. The van der Waals surface area contributed by atoms with Crippen LogP contribution in [0, 0.1) is 0 Å². The molecule has 146 valence electrons. The number of carbonyl (C=O) groups excluding carboxylic acids is 1. The van der Waals surface area contributed by atoms with E-state index in [9.17, 15) is 19.7 Å². The summed E-state index contributed by atoms with van der Waals surface area (Å²) >= 11 is 1.15. The van der Waals surface area contributed by atoms with Crippen molar-refractivity contribution >= 4 is 41.2 Å². The molecule has 0 bridgehead atoms. The van der Waals surface area contributed by atoms with Crippen LogP contribution in [0.1, 0.15) is 28.5 Å². The van der Waals surface area contributed by atoms with E-state index >= 15 is 0 Å². The first-order valence-electron chi connectivity index (χ1n) is 8.32. The number of carboxylic acids is 1. The molecule has 1 aliphatic rings. The van der Waals surface area contributed by atoms with Gasteiger partial charge in [-0.05, 0) is 25.0 Å². The number of aromatic nitrogens is 1. The van der Waals surface area contributed by atoms with Gasteiger partial charge in [-0.3, -0.25) is 4.79 Å². The normalized spacial score (nSPS) is 16.1. The van der Waals surface area contributed by atoms with Crippen LogP contribution in [0.5, 0.6) is 5.75 Å². The number of carboxylic acid groups (broad SMARTS) is 1. The first-order chi connectivity index (χ1) is 13.4. The van der Waals surface area contributed by atoms with Gasteiger partial charge >= 0.3 is 13.1 Å². The molecule has 5 N–H and O–H groups in total. The summed E-state index contributed by atoms with van der Waals surface area (Å²) in [5, 5.41) is 27.8. The minimum Gasteiger partial charge on any atom is -0.534 e. The van der Waals surface area contributed by atoms with Gasteiger partial charge in [0.05, 0.1) is 11.5 Å². The number of carbonyl (C=O) groups is 2. The van der Waals surface area contributed by atoms with Crippen LogP contribution in [0.15, 0.2) is 28.7 Å². The minimum atomic E-state index is -1.44. The smallest absolute Gasteiger partial charge is 0.534 e. The fourth-order valence-corrected chi connectivity index (χ4v) is 3.23. The first-order valence-corrected chi connectivity index (χ1v) is 9.20. The monoisotopic (exact) mass is 404 g/mol. The average molecular weight is 404 g/mol. The quantitative estimate of drug-likeness (QED) is 0.304. The molecule has 28 heavy (non-hydrogen) atoms. The van der Waals surface area contributed by atoms with Gasteiger partial charge in [0.1, 0.15) is 18.1 Å². The number of benzene rings is 1. The second-order valence-electron chi connectivity index (χ2n) is 5.82. The van der Waals surface area contributed by atoms with E-state index in [1.807, 2.05) is 0 Å². The molecule has 1 atom stereocenters. The van der Waals surface area contributed by atoms with Crippen LogP contribution in [-0.4, -0.2) is 52.4 Å². The summed E-state index contributed by atoms with van der Waals surface area (Å²) in [5.74, 6) is -2.54. The molecule has 0 radical (unpaired) electrons. The van der Waals surface area contributed by atoms with Gasteiger partial charge in [0, 0.05) is 5.38 Å². The summed E-state index contributed by atoms with van der Waals surface area (Å²) in [7, 11) is -1.44. The third kappa shape index (κ3) is 4.07. The van der Waals surface area contributed by atoms with Crippen molar-refractivity contribution in [2.24, 2.45) is 5.16 Å². The zero-order valence-electron chi connectivity index (χ0n) is 14.8. The van der Waals surface area contributed by atoms with E-state index in [1.54, 1.807) is 24.4 Å². The molecule has 1 amide bonds. The summed E-state index contributed by atoms with van der Waals surface area (Å²) < 4.78 is 5.36. The number of rotatable bonds is 6. The van der Waals surface area contributed by atoms with E-state index in [0.717, 1.165) is 11.3 Å². The molecule has 10 nitrogen and oxygen atoms in total. The van der Waals surface area contributed by atoms with Crippen molar-refractivity contribution in [3.05, 3.63) is 40.4 Å². The minimum absolute atomic E-state index is 0.0575. The topological polar surface area (TPSA) is 156 Å². The number of oxime groups is 1. The maximum absolute atomic E-state index is 12.7. The molecule has 0 saturated carbocycles. The van der Waals surface area contributed by atoms with Crippen LogP contribution in [0.4, 0.5) is 5.13 Å². The molecule has 1 aromatic heterocycles. The first kappa shape index (κ1) is 19.6. The van der Waals surface area contributed by atoms with E-state index in [0.29, 0.717) is 5.56 Å². The van der Waals surface area contributed by atoms with Crippen molar-refractivity contribution in [1.29, 1.82) is 0 Å². The summed E-state index contributed by atoms with van der Waals surface area (Å²) in [5.41, 5.74) is 6.26. The number of anilines is 1. The number of hydrogen-bond acceptors (Lipinski definition) is 9. The van der Waals surface area contributed by atoms with Crippen molar-refractivity contribution in [2.45, 2.75) is 19.3 Å². The molecule has 12 heteroatoms. The lowest BCUT2D eigenvalue weighted by Gasteiger charge is -2.28. The van der Waals surface area contributed by atoms with E-state index in [1.165, 1.54) is 6.07 Å². The summed E-state index contributed by atoms with van der Waals surface area (Å²) in [6, 6.07) is 4.62. The van der Waals surface area contributed by atoms with Gasteiger partial charge in [0.15, 0.2) is 10.8 Å². The maximum Gasteiger partial charge on any atom is 0.547 e. The molecule has 0 fully saturated rings. The molecule has 0 spiro atoms. The molecule has 1 unspecified atom stereocenters. The number of nitrogens with one attached hydrogen (secondary N) is 1. The summed E-state index contributed by atoms with van der Waals surface area (Å²) in [6.07, 6.45) is 0.171. The molecule has 1 aromatic carbocycles. The maximum atomic E-state index is 12.7. The lowest BCUT2D eigenvalue weighted by molar-refractivity contribution is -0.115. The fourth-order valence-electron chi connectivity index (χ4n) is 2.68. The highest BCUT2D eigenvalue weighted by molar-refractivity contribution is 7.13. The standard InChI is InChI=1S/C16H17BN4O6S/c1-2-26-21-12(10-7-28-16(18)19-10)14(22)20-11-6-8-4-3-5-9(15(23)24)13(8)27-17(11)25/h3-5,7,11,25H,2,6H2,1H3,(H2,18,19)(H,20,22)(H,23,24). The number of amides is 1. The highest BCUT2D eigenvalue weighted by atomic mass is 32.1. The zero-order valence-corrected chi connectivity index (χ0v) is 15.6. The predicted octanol–water partition coefficient (Wildman–Crippen LogP) is 0.304. The van der Waals surface area contributed by atoms with Crippen LogP contribution >= 0.6 is 11.3 Å². The summed E-state index contributed by atoms with van der Waals surface area (Å²) in [6.45, 7) is 1.96. The van der Waals surface area contributed by atoms with E-state index in [4.69, 9.17) is 15.2 Å². The van der Waals surface area contributed by atoms with Gasteiger partial charge in [-0.15, -0.1) is 11.3 Å². The van der Waals surface area contributed by atoms with Gasteiger partial charge < -0.3 is 30.7 Å². The fraction of sp³-hybridized carbons (Fsp3) is 0.250. The average Bonchev–Trinajstić information content (AvgIpc) is 3.08. The second kappa shape index (κ2) is 8.27. The lowest BCUT2D eigenvalue weighted by atomic mass is 9.72. The molecule has 2 aromatic rings. The number of nitrogen functional groups attached to an aromatic ring is 1. The number of nitrogens with two attached hydrogens (primary N) is 1. The summed E-state index contributed by atoms with van der Waals surface area (Å²) in [4.78, 5) is 33.0. The largest absolute Gasteiger partial charge is 0.547 e. The highest BCUT2D eigenvalue weighted by Crippen LogP contribution is 2.30. The van der Waals surface area contributed by atoms with Gasteiger partial charge in [-0.1, -0.05) is 17.3 Å². The number of thiazole rings is 1. The van der Waals surface area contributed by atoms with Crippen molar-refractivity contribution in [2.75, 3.05) is 12.3 Å². The molecule has 0 saturated heterocycles. The SMILES string of the molecule is CCON=C(C(=O)NC1Cc2cccc(C(=O)O)c2OB1O)c1csc(N)n1. The predicted molar refractivity (Wildman–Crippen MR) is 102 cm³/mol. The molecular formula is C16H17BN4O6S. The van der Waals surface area contributed by atoms with Crippen LogP contribution in [0.2, 0.25) is 0 Å². The van der Waals surface area contributed by atoms with E-state index < -0.39 is 24.9 Å². The second-order valence-corrected chi connectivity index (χ2v) is 6.71. The Morgan fingerprint density at radius 3 is 2.96 bits per heavy atom. The zero-order chi connectivity index (χ0) is 20.3. The van der Waals surface area contributed by atoms with Gasteiger partial charge in [-0.25, -0.2) is 9.78 Å². The number of para-hydroxylation sites is 1. The van der Waals surface area contributed by atoms with Crippen LogP contribution in [0.25, 0.3) is 0 Å². The highest BCUT2D eigenvalue weighted by Gasteiger charge is 2.38. The third-order valence-corrected chi connectivity index (χ3v) is 4.60. The Kier molecular flexibility index (Phi) is 5.80. The van der Waals surface area contributed by atoms with Gasteiger partial charge in [0.25, 0.3) is 5.91 Å². The molecule has 3 rings (SSSR count). The van der Waals surface area contributed by atoms with Crippen molar-refractivity contribution < 1.29 is 29.2 Å². The Hall–Kier alpha value is -3.12. The van der Waals surface area contributed by atoms with Gasteiger partial charge in [-0.2, -0.15) is 0 Å². The molecule has 0 aliphatic carbocycles. The molecule has 1 aliphatic heterocycles. The van der Waals surface area contributed by atoms with Crippen molar-refractivity contribution in [1.82, 2.24) is 10.3 Å². The van der Waals surface area contributed by atoms with Crippen LogP contribution < -0.4 is 15.7 Å². The van der Waals surface area contributed by atoms with Crippen LogP contribution in [-0.2, 0) is 16.1 Å². The third-order valence-electron chi connectivity index (χ3n) is 3.93. The lowest BCUT2D eigenvalue weighted by Crippen LogP contribution is -2.54. The van der Waals surface area contributed by atoms with Crippen molar-refractivity contribution in [3.8, 4) is 5.75 Å². The molecule has 2 heterocycles. The Balaban J connectivity index is 1.81. The molecular weight excluding hydrogens is 387 g/mol. The Morgan fingerprint density at radius 1 is 1.54 bits per heavy atom. The number of nitrogens with zero attached hydrogens (tertiary/aromatic N) is 2. The number of hydrogen-bond donors (Lipinski definition) is 4. The Morgan fingerprint density at radius 2 is 2.32 bits per heavy atom.